The van der Waals surface area contributed by atoms with Crippen molar-refractivity contribution in [3.05, 3.63) is 0 Å². The number of carbonyl (C=O) groups excluding carboxylic acids is 1. The first kappa shape index (κ1) is 13.4. The van der Waals surface area contributed by atoms with Gasteiger partial charge in [0.1, 0.15) is 5.54 Å². The van der Waals surface area contributed by atoms with Crippen molar-refractivity contribution in [2.75, 3.05) is 0 Å². The predicted molar refractivity (Wildman–Crippen MR) is 70.7 cm³/mol. The van der Waals surface area contributed by atoms with Crippen LogP contribution in [0.25, 0.3) is 0 Å². The SMILES string of the molecule is CC1CCC(C(=O)NC2(C#N)CCCCC2)CC1. The van der Waals surface area contributed by atoms with Crippen molar-refractivity contribution in [1.29, 1.82) is 5.26 Å². The molecule has 0 atom stereocenters. The lowest BCUT2D eigenvalue weighted by Crippen LogP contribution is -2.51. The van der Waals surface area contributed by atoms with Gasteiger partial charge < -0.3 is 5.32 Å². The Morgan fingerprint density at radius 2 is 1.78 bits per heavy atom. The molecule has 2 fully saturated rings. The minimum Gasteiger partial charge on any atom is -0.338 e. The van der Waals surface area contributed by atoms with Crippen LogP contribution in [0.2, 0.25) is 0 Å². The Labute approximate surface area is 110 Å². The van der Waals surface area contributed by atoms with Crippen LogP contribution < -0.4 is 5.32 Å². The van der Waals surface area contributed by atoms with Crippen LogP contribution in [0, 0.1) is 23.2 Å². The van der Waals surface area contributed by atoms with E-state index in [0.717, 1.165) is 57.3 Å². The van der Waals surface area contributed by atoms with Crippen LogP contribution in [-0.2, 0) is 4.79 Å². The van der Waals surface area contributed by atoms with Gasteiger partial charge in [-0.05, 0) is 44.4 Å². The molecule has 2 aliphatic carbocycles. The topological polar surface area (TPSA) is 52.9 Å². The summed E-state index contributed by atoms with van der Waals surface area (Å²) in [5.74, 6) is 1.03. The predicted octanol–water partition coefficient (Wildman–Crippen LogP) is 3.16. The summed E-state index contributed by atoms with van der Waals surface area (Å²) in [6.07, 6.45) is 9.28. The minimum atomic E-state index is -0.557. The molecule has 0 bridgehead atoms. The van der Waals surface area contributed by atoms with E-state index in [9.17, 15) is 10.1 Å². The van der Waals surface area contributed by atoms with Gasteiger partial charge in [0.2, 0.25) is 5.91 Å². The Hall–Kier alpha value is -1.04. The molecule has 2 saturated carbocycles. The molecular weight excluding hydrogens is 224 g/mol. The molecule has 0 aromatic heterocycles. The van der Waals surface area contributed by atoms with Crippen LogP contribution in [0.1, 0.15) is 64.7 Å². The highest BCUT2D eigenvalue weighted by Gasteiger charge is 2.36. The van der Waals surface area contributed by atoms with Gasteiger partial charge in [0.05, 0.1) is 6.07 Å². The fraction of sp³-hybridized carbons (Fsp3) is 0.867. The van der Waals surface area contributed by atoms with Gasteiger partial charge >= 0.3 is 0 Å². The Bertz CT molecular complexity index is 331. The Kier molecular flexibility index (Phi) is 4.27. The first-order chi connectivity index (χ1) is 8.65. The molecule has 3 heteroatoms. The molecule has 1 amide bonds. The van der Waals surface area contributed by atoms with Crippen molar-refractivity contribution in [2.45, 2.75) is 70.3 Å². The molecule has 0 spiro atoms. The standard InChI is InChI=1S/C15H24N2O/c1-12-5-7-13(8-6-12)14(18)17-15(11-16)9-3-2-4-10-15/h12-13H,2-10H2,1H3,(H,17,18). The van der Waals surface area contributed by atoms with Crippen LogP contribution >= 0.6 is 0 Å². The van der Waals surface area contributed by atoms with Crippen LogP contribution in [0.4, 0.5) is 0 Å². The highest BCUT2D eigenvalue weighted by Crippen LogP contribution is 2.31. The molecule has 0 heterocycles. The molecule has 0 aromatic rings. The maximum Gasteiger partial charge on any atom is 0.224 e. The molecule has 0 radical (unpaired) electrons. The number of rotatable bonds is 2. The molecule has 100 valence electrons. The molecular formula is C15H24N2O. The molecule has 0 aromatic carbocycles. The summed E-state index contributed by atoms with van der Waals surface area (Å²) in [6, 6.07) is 2.36. The quantitative estimate of drug-likeness (QED) is 0.816. The van der Waals surface area contributed by atoms with Gasteiger partial charge in [-0.1, -0.05) is 26.2 Å². The summed E-state index contributed by atoms with van der Waals surface area (Å²) in [4.78, 5) is 12.3. The largest absolute Gasteiger partial charge is 0.338 e. The van der Waals surface area contributed by atoms with Crippen molar-refractivity contribution < 1.29 is 4.79 Å². The third-order valence-electron chi connectivity index (χ3n) is 4.67. The van der Waals surface area contributed by atoms with E-state index >= 15 is 0 Å². The first-order valence-electron chi connectivity index (χ1n) is 7.38. The van der Waals surface area contributed by atoms with Crippen LogP contribution in [0.15, 0.2) is 0 Å². The third-order valence-corrected chi connectivity index (χ3v) is 4.67. The van der Waals surface area contributed by atoms with E-state index in [1.54, 1.807) is 0 Å². The molecule has 0 unspecified atom stereocenters. The summed E-state index contributed by atoms with van der Waals surface area (Å²) in [5.41, 5.74) is -0.557. The summed E-state index contributed by atoms with van der Waals surface area (Å²) >= 11 is 0. The average Bonchev–Trinajstić information content (AvgIpc) is 2.40. The third kappa shape index (κ3) is 3.04. The number of nitrogens with zero attached hydrogens (tertiary/aromatic N) is 1. The molecule has 3 nitrogen and oxygen atoms in total. The Morgan fingerprint density at radius 3 is 2.33 bits per heavy atom. The average molecular weight is 248 g/mol. The molecule has 1 N–H and O–H groups in total. The van der Waals surface area contributed by atoms with E-state index in [2.05, 4.69) is 18.3 Å². The number of nitriles is 1. The monoisotopic (exact) mass is 248 g/mol. The molecule has 2 rings (SSSR count). The van der Waals surface area contributed by atoms with Gasteiger partial charge in [-0.3, -0.25) is 4.79 Å². The minimum absolute atomic E-state index is 0.130. The van der Waals surface area contributed by atoms with E-state index in [4.69, 9.17) is 0 Å². The first-order valence-corrected chi connectivity index (χ1v) is 7.38. The van der Waals surface area contributed by atoms with E-state index in [1.807, 2.05) is 0 Å². The number of nitrogens with one attached hydrogen (secondary N) is 1. The lowest BCUT2D eigenvalue weighted by atomic mass is 9.80. The normalized spacial score (nSPS) is 31.3. The highest BCUT2D eigenvalue weighted by atomic mass is 16.2. The number of carbonyl (C=O) groups is 1. The molecule has 2 aliphatic rings. The van der Waals surface area contributed by atoms with E-state index < -0.39 is 5.54 Å². The highest BCUT2D eigenvalue weighted by molar-refractivity contribution is 5.80. The van der Waals surface area contributed by atoms with Crippen molar-refractivity contribution in [3.8, 4) is 6.07 Å². The second kappa shape index (κ2) is 5.73. The molecule has 0 saturated heterocycles. The fourth-order valence-electron chi connectivity index (χ4n) is 3.28. The zero-order chi connectivity index (χ0) is 13.0. The summed E-state index contributed by atoms with van der Waals surface area (Å²) in [7, 11) is 0. The molecule has 0 aliphatic heterocycles. The van der Waals surface area contributed by atoms with E-state index in [-0.39, 0.29) is 11.8 Å². The second-order valence-electron chi connectivity index (χ2n) is 6.20. The summed E-state index contributed by atoms with van der Waals surface area (Å²) in [5, 5.41) is 12.4. The lowest BCUT2D eigenvalue weighted by Gasteiger charge is -2.34. The van der Waals surface area contributed by atoms with Gasteiger partial charge in [-0.2, -0.15) is 5.26 Å². The van der Waals surface area contributed by atoms with Gasteiger partial charge in [-0.25, -0.2) is 0 Å². The van der Waals surface area contributed by atoms with E-state index in [1.165, 1.54) is 6.42 Å². The van der Waals surface area contributed by atoms with Crippen LogP contribution in [0.5, 0.6) is 0 Å². The van der Waals surface area contributed by atoms with Crippen molar-refractivity contribution in [1.82, 2.24) is 5.32 Å². The van der Waals surface area contributed by atoms with Gasteiger partial charge in [0, 0.05) is 5.92 Å². The summed E-state index contributed by atoms with van der Waals surface area (Å²) in [6.45, 7) is 2.26. The lowest BCUT2D eigenvalue weighted by molar-refractivity contribution is -0.127. The van der Waals surface area contributed by atoms with Gasteiger partial charge in [0.25, 0.3) is 0 Å². The Morgan fingerprint density at radius 1 is 1.17 bits per heavy atom. The zero-order valence-corrected chi connectivity index (χ0v) is 11.4. The van der Waals surface area contributed by atoms with E-state index in [0.29, 0.717) is 0 Å². The van der Waals surface area contributed by atoms with Gasteiger partial charge in [-0.15, -0.1) is 0 Å². The number of hydrogen-bond acceptors (Lipinski definition) is 2. The summed E-state index contributed by atoms with van der Waals surface area (Å²) < 4.78 is 0. The molecule has 18 heavy (non-hydrogen) atoms. The van der Waals surface area contributed by atoms with Crippen molar-refractivity contribution >= 4 is 5.91 Å². The smallest absolute Gasteiger partial charge is 0.224 e. The van der Waals surface area contributed by atoms with Crippen molar-refractivity contribution in [2.24, 2.45) is 11.8 Å². The maximum atomic E-state index is 12.3. The second-order valence-corrected chi connectivity index (χ2v) is 6.20. The number of hydrogen-bond donors (Lipinski definition) is 1. The van der Waals surface area contributed by atoms with Crippen molar-refractivity contribution in [3.63, 3.8) is 0 Å². The number of amides is 1. The van der Waals surface area contributed by atoms with Gasteiger partial charge in [0.15, 0.2) is 0 Å². The van der Waals surface area contributed by atoms with Crippen LogP contribution in [0.3, 0.4) is 0 Å². The maximum absolute atomic E-state index is 12.3. The van der Waals surface area contributed by atoms with Crippen LogP contribution in [-0.4, -0.2) is 11.4 Å². The fourth-order valence-corrected chi connectivity index (χ4v) is 3.28. The zero-order valence-electron chi connectivity index (χ0n) is 11.4. The Balaban J connectivity index is 1.91.